The van der Waals surface area contributed by atoms with E-state index in [2.05, 4.69) is 22.9 Å². The third-order valence-electron chi connectivity index (χ3n) is 4.43. The van der Waals surface area contributed by atoms with Gasteiger partial charge in [0.05, 0.1) is 17.7 Å². The average Bonchev–Trinajstić information content (AvgIpc) is 2.46. The summed E-state index contributed by atoms with van der Waals surface area (Å²) < 4.78 is 6.14. The Morgan fingerprint density at radius 2 is 2.00 bits per heavy atom. The molecule has 1 aromatic rings. The van der Waals surface area contributed by atoms with Gasteiger partial charge in [-0.15, -0.1) is 0 Å². The van der Waals surface area contributed by atoms with Crippen LogP contribution in [0.2, 0.25) is 0 Å². The number of aliphatic hydroxyl groups excluding tert-OH is 1. The van der Waals surface area contributed by atoms with Gasteiger partial charge in [-0.2, -0.15) is 0 Å². The number of benzene rings is 1. The van der Waals surface area contributed by atoms with Crippen LogP contribution in [-0.4, -0.2) is 12.2 Å². The number of hydrogen-bond donors (Lipinski definition) is 1. The molecule has 2 rings (SSSR count). The van der Waals surface area contributed by atoms with Crippen molar-refractivity contribution in [1.82, 2.24) is 0 Å². The highest BCUT2D eigenvalue weighted by atomic mass is 79.9. The minimum atomic E-state index is -0.347. The number of ether oxygens (including phenoxy) is 1. The third-order valence-corrected chi connectivity index (χ3v) is 5.05. The molecule has 2 nitrogen and oxygen atoms in total. The van der Waals surface area contributed by atoms with Crippen LogP contribution in [0.25, 0.3) is 0 Å². The first-order valence-corrected chi connectivity index (χ1v) is 7.96. The highest BCUT2D eigenvalue weighted by Crippen LogP contribution is 2.39. The van der Waals surface area contributed by atoms with Crippen molar-refractivity contribution in [3.05, 3.63) is 28.2 Å². The lowest BCUT2D eigenvalue weighted by Crippen LogP contribution is -2.20. The van der Waals surface area contributed by atoms with Crippen LogP contribution in [-0.2, 0) is 0 Å². The number of methoxy groups -OCH3 is 1. The predicted octanol–water partition coefficient (Wildman–Crippen LogP) is 4.71. The van der Waals surface area contributed by atoms with Gasteiger partial charge < -0.3 is 9.84 Å². The maximum atomic E-state index is 10.5. The molecule has 0 saturated heterocycles. The van der Waals surface area contributed by atoms with Gasteiger partial charge in [-0.1, -0.05) is 32.3 Å². The maximum absolute atomic E-state index is 10.5. The van der Waals surface area contributed by atoms with Crippen LogP contribution in [0, 0.1) is 11.8 Å². The lowest BCUT2D eigenvalue weighted by atomic mass is 9.77. The number of hydrogen-bond acceptors (Lipinski definition) is 2. The van der Waals surface area contributed by atoms with Crippen molar-refractivity contribution in [3.8, 4) is 5.75 Å². The lowest BCUT2D eigenvalue weighted by Gasteiger charge is -2.31. The van der Waals surface area contributed by atoms with E-state index in [1.165, 1.54) is 19.3 Å². The molecule has 1 aliphatic carbocycles. The smallest absolute Gasteiger partial charge is 0.133 e. The van der Waals surface area contributed by atoms with Crippen molar-refractivity contribution in [3.63, 3.8) is 0 Å². The molecule has 0 bridgehead atoms. The Morgan fingerprint density at radius 3 is 2.53 bits per heavy atom. The van der Waals surface area contributed by atoms with Gasteiger partial charge in [0.25, 0.3) is 0 Å². The van der Waals surface area contributed by atoms with Crippen LogP contribution in [0.15, 0.2) is 22.7 Å². The van der Waals surface area contributed by atoms with Crippen LogP contribution in [0.5, 0.6) is 5.75 Å². The number of aliphatic hydroxyl groups is 1. The van der Waals surface area contributed by atoms with Gasteiger partial charge in [0, 0.05) is 0 Å². The largest absolute Gasteiger partial charge is 0.496 e. The van der Waals surface area contributed by atoms with Crippen LogP contribution in [0.1, 0.15) is 50.7 Å². The molecular weight excluding hydrogens is 304 g/mol. The topological polar surface area (TPSA) is 29.5 Å². The molecular formula is C16H23BrO2. The molecule has 0 aliphatic heterocycles. The summed E-state index contributed by atoms with van der Waals surface area (Å²) in [5.41, 5.74) is 0.993. The molecule has 1 aliphatic rings. The van der Waals surface area contributed by atoms with Crippen molar-refractivity contribution < 1.29 is 9.84 Å². The Kier molecular flexibility index (Phi) is 5.28. The van der Waals surface area contributed by atoms with E-state index in [9.17, 15) is 5.11 Å². The summed E-state index contributed by atoms with van der Waals surface area (Å²) >= 11 is 3.48. The first-order valence-electron chi connectivity index (χ1n) is 7.17. The molecule has 1 atom stereocenters. The highest BCUT2D eigenvalue weighted by Gasteiger charge is 2.26. The van der Waals surface area contributed by atoms with Crippen molar-refractivity contribution in [2.45, 2.75) is 45.1 Å². The van der Waals surface area contributed by atoms with E-state index in [4.69, 9.17) is 4.74 Å². The molecule has 0 radical (unpaired) electrons. The quantitative estimate of drug-likeness (QED) is 0.868. The number of rotatable bonds is 4. The summed E-state index contributed by atoms with van der Waals surface area (Å²) in [6, 6.07) is 5.87. The molecule has 1 fully saturated rings. The molecule has 1 unspecified atom stereocenters. The molecule has 1 saturated carbocycles. The molecule has 19 heavy (non-hydrogen) atoms. The van der Waals surface area contributed by atoms with Gasteiger partial charge >= 0.3 is 0 Å². The van der Waals surface area contributed by atoms with E-state index >= 15 is 0 Å². The summed E-state index contributed by atoms with van der Waals surface area (Å²) in [4.78, 5) is 0. The second-order valence-electron chi connectivity index (χ2n) is 5.53. The molecule has 0 amide bonds. The predicted molar refractivity (Wildman–Crippen MR) is 81.4 cm³/mol. The molecule has 106 valence electrons. The SMILES string of the molecule is CCC1CCC(C(O)c2ccc(OC)c(Br)c2)CC1. The minimum Gasteiger partial charge on any atom is -0.496 e. The molecule has 0 spiro atoms. The van der Waals surface area contributed by atoms with Crippen LogP contribution < -0.4 is 4.74 Å². The van der Waals surface area contributed by atoms with E-state index in [-0.39, 0.29) is 6.10 Å². The van der Waals surface area contributed by atoms with E-state index < -0.39 is 0 Å². The minimum absolute atomic E-state index is 0.347. The van der Waals surface area contributed by atoms with Crippen molar-refractivity contribution in [2.75, 3.05) is 7.11 Å². The van der Waals surface area contributed by atoms with Crippen molar-refractivity contribution in [1.29, 1.82) is 0 Å². The molecule has 0 aromatic heterocycles. The van der Waals surface area contributed by atoms with Gasteiger partial charge in [-0.3, -0.25) is 0 Å². The van der Waals surface area contributed by atoms with Gasteiger partial charge in [-0.25, -0.2) is 0 Å². The van der Waals surface area contributed by atoms with E-state index in [1.807, 2.05) is 18.2 Å². The first-order chi connectivity index (χ1) is 9.15. The summed E-state index contributed by atoms with van der Waals surface area (Å²) in [6.45, 7) is 2.27. The zero-order valence-corrected chi connectivity index (χ0v) is 13.3. The number of halogens is 1. The fourth-order valence-corrected chi connectivity index (χ4v) is 3.61. The summed E-state index contributed by atoms with van der Waals surface area (Å²) in [5.74, 6) is 2.08. The van der Waals surface area contributed by atoms with Gasteiger partial charge in [0.15, 0.2) is 0 Å². The highest BCUT2D eigenvalue weighted by molar-refractivity contribution is 9.10. The third kappa shape index (κ3) is 3.51. The normalized spacial score (nSPS) is 25.1. The van der Waals surface area contributed by atoms with Gasteiger partial charge in [0.2, 0.25) is 0 Å². The van der Waals surface area contributed by atoms with Crippen molar-refractivity contribution in [2.24, 2.45) is 11.8 Å². The Balaban J connectivity index is 2.03. The first kappa shape index (κ1) is 14.9. The molecule has 1 N–H and O–H groups in total. The Morgan fingerprint density at radius 1 is 1.32 bits per heavy atom. The second kappa shape index (κ2) is 6.76. The standard InChI is InChI=1S/C16H23BrO2/c1-3-11-4-6-12(7-5-11)16(18)13-8-9-15(19-2)14(17)10-13/h8-12,16,18H,3-7H2,1-2H3. The van der Waals surface area contributed by atoms with E-state index in [0.717, 1.165) is 34.5 Å². The monoisotopic (exact) mass is 326 g/mol. The molecule has 0 heterocycles. The fourth-order valence-electron chi connectivity index (χ4n) is 3.05. The Bertz CT molecular complexity index is 411. The van der Waals surface area contributed by atoms with Crippen LogP contribution in [0.3, 0.4) is 0 Å². The van der Waals surface area contributed by atoms with Crippen molar-refractivity contribution >= 4 is 15.9 Å². The zero-order chi connectivity index (χ0) is 13.8. The lowest BCUT2D eigenvalue weighted by molar-refractivity contribution is 0.0728. The van der Waals surface area contributed by atoms with Gasteiger partial charge in [-0.05, 0) is 58.3 Å². The second-order valence-corrected chi connectivity index (χ2v) is 6.38. The van der Waals surface area contributed by atoms with Gasteiger partial charge in [0.1, 0.15) is 5.75 Å². The fraction of sp³-hybridized carbons (Fsp3) is 0.625. The Hall–Kier alpha value is -0.540. The maximum Gasteiger partial charge on any atom is 0.133 e. The Labute approximate surface area is 124 Å². The summed E-state index contributed by atoms with van der Waals surface area (Å²) in [7, 11) is 1.65. The summed E-state index contributed by atoms with van der Waals surface area (Å²) in [6.07, 6.45) is 5.73. The van der Waals surface area contributed by atoms with E-state index in [0.29, 0.717) is 5.92 Å². The average molecular weight is 327 g/mol. The van der Waals surface area contributed by atoms with E-state index in [1.54, 1.807) is 7.11 Å². The zero-order valence-electron chi connectivity index (χ0n) is 11.7. The molecule has 3 heteroatoms. The summed E-state index contributed by atoms with van der Waals surface area (Å²) in [5, 5.41) is 10.5. The van der Waals surface area contributed by atoms with Crippen LogP contribution >= 0.6 is 15.9 Å². The van der Waals surface area contributed by atoms with Crippen LogP contribution in [0.4, 0.5) is 0 Å². The molecule has 1 aromatic carbocycles.